The van der Waals surface area contributed by atoms with Crippen molar-refractivity contribution >= 4 is 15.9 Å². The lowest BCUT2D eigenvalue weighted by Gasteiger charge is -2.20. The summed E-state index contributed by atoms with van der Waals surface area (Å²) in [5.74, 6) is -0.316. The maximum atomic E-state index is 12.1. The van der Waals surface area contributed by atoms with Gasteiger partial charge in [0.15, 0.2) is 0 Å². The number of ether oxygens (including phenoxy) is 1. The average molecular weight is 358 g/mol. The third kappa shape index (κ3) is 6.08. The second-order valence-electron chi connectivity index (χ2n) is 4.57. The van der Waals surface area contributed by atoms with Crippen LogP contribution in [0.5, 0.6) is 5.75 Å². The molecule has 1 unspecified atom stereocenters. The topological polar surface area (TPSA) is 61.7 Å². The molecule has 0 aliphatic rings. The van der Waals surface area contributed by atoms with Gasteiger partial charge >= 0.3 is 6.36 Å². The van der Waals surface area contributed by atoms with Crippen molar-refractivity contribution in [2.45, 2.75) is 25.4 Å². The zero-order chi connectivity index (χ0) is 15.4. The van der Waals surface area contributed by atoms with Crippen molar-refractivity contribution in [2.24, 2.45) is 0 Å². The summed E-state index contributed by atoms with van der Waals surface area (Å²) in [7, 11) is 0. The summed E-state index contributed by atoms with van der Waals surface area (Å²) >= 11 is 3.00. The highest BCUT2D eigenvalue weighted by molar-refractivity contribution is 9.10. The molecule has 1 aromatic carbocycles. The minimum Gasteiger partial charge on any atom is -0.405 e. The highest BCUT2D eigenvalue weighted by atomic mass is 79.9. The molecule has 114 valence electrons. The number of hydrogen-bond donors (Lipinski definition) is 3. The van der Waals surface area contributed by atoms with Gasteiger partial charge in [-0.1, -0.05) is 6.07 Å². The van der Waals surface area contributed by atoms with Crippen LogP contribution in [-0.4, -0.2) is 35.3 Å². The van der Waals surface area contributed by atoms with Crippen LogP contribution in [-0.2, 0) is 6.54 Å². The lowest BCUT2D eigenvalue weighted by Crippen LogP contribution is -2.40. The molecular weight excluding hydrogens is 343 g/mol. The summed E-state index contributed by atoms with van der Waals surface area (Å²) in [6, 6.07) is 4.17. The molecule has 20 heavy (non-hydrogen) atoms. The Morgan fingerprint density at radius 3 is 2.50 bits per heavy atom. The monoisotopic (exact) mass is 357 g/mol. The normalized spacial score (nSPS) is 14.9. The Kier molecular flexibility index (Phi) is 5.81. The number of aliphatic hydroxyl groups excluding tert-OH is 1. The molecule has 1 aromatic rings. The zero-order valence-corrected chi connectivity index (χ0v) is 12.3. The fourth-order valence-corrected chi connectivity index (χ4v) is 1.90. The van der Waals surface area contributed by atoms with Gasteiger partial charge < -0.3 is 20.3 Å². The summed E-state index contributed by atoms with van der Waals surface area (Å²) in [4.78, 5) is 0. The van der Waals surface area contributed by atoms with E-state index >= 15 is 0 Å². The molecule has 3 N–H and O–H groups in total. The summed E-state index contributed by atoms with van der Waals surface area (Å²) in [5.41, 5.74) is -0.531. The van der Waals surface area contributed by atoms with Crippen molar-refractivity contribution in [1.29, 1.82) is 0 Å². The quantitative estimate of drug-likeness (QED) is 0.730. The van der Waals surface area contributed by atoms with Crippen molar-refractivity contribution in [2.75, 3.05) is 13.2 Å². The van der Waals surface area contributed by atoms with Crippen LogP contribution in [0.4, 0.5) is 13.2 Å². The minimum absolute atomic E-state index is 0.155. The van der Waals surface area contributed by atoms with Gasteiger partial charge in [0.1, 0.15) is 5.75 Å². The maximum Gasteiger partial charge on any atom is 0.573 e. The summed E-state index contributed by atoms with van der Waals surface area (Å²) in [6.45, 7) is 1.57. The molecule has 4 nitrogen and oxygen atoms in total. The fraction of sp³-hybridized carbons (Fsp3) is 0.500. The summed E-state index contributed by atoms with van der Waals surface area (Å²) in [5, 5.41) is 21.3. The first kappa shape index (κ1) is 17.2. The fourth-order valence-electron chi connectivity index (χ4n) is 1.39. The van der Waals surface area contributed by atoms with Gasteiger partial charge in [-0.3, -0.25) is 0 Å². The molecule has 0 heterocycles. The van der Waals surface area contributed by atoms with Gasteiger partial charge in [-0.2, -0.15) is 0 Å². The van der Waals surface area contributed by atoms with Gasteiger partial charge in [0.25, 0.3) is 0 Å². The Hall–Kier alpha value is -0.830. The Balaban J connectivity index is 2.60. The van der Waals surface area contributed by atoms with E-state index in [1.807, 2.05) is 0 Å². The third-order valence-electron chi connectivity index (χ3n) is 2.40. The second kappa shape index (κ2) is 6.75. The molecule has 0 fully saturated rings. The van der Waals surface area contributed by atoms with E-state index < -0.39 is 12.0 Å². The average Bonchev–Trinajstić information content (AvgIpc) is 2.31. The standard InChI is InChI=1S/C12H15BrF3NO3/c1-11(19,7-18)6-17-5-8-2-3-10(9(13)4-8)20-12(14,15)16/h2-4,17-19H,5-7H2,1H3. The third-order valence-corrected chi connectivity index (χ3v) is 3.02. The lowest BCUT2D eigenvalue weighted by molar-refractivity contribution is -0.274. The number of nitrogens with one attached hydrogen (secondary N) is 1. The number of benzene rings is 1. The van der Waals surface area contributed by atoms with E-state index in [0.717, 1.165) is 0 Å². The molecule has 0 spiro atoms. The number of halogens is 4. The molecule has 0 aliphatic carbocycles. The predicted molar refractivity (Wildman–Crippen MR) is 70.2 cm³/mol. The number of alkyl halides is 3. The SMILES string of the molecule is CC(O)(CO)CNCc1ccc(OC(F)(F)F)c(Br)c1. The van der Waals surface area contributed by atoms with Gasteiger partial charge in [-0.15, -0.1) is 13.2 Å². The number of hydrogen-bond acceptors (Lipinski definition) is 4. The maximum absolute atomic E-state index is 12.1. The van der Waals surface area contributed by atoms with Crippen molar-refractivity contribution in [1.82, 2.24) is 5.32 Å². The smallest absolute Gasteiger partial charge is 0.405 e. The molecule has 1 rings (SSSR count). The molecule has 0 saturated heterocycles. The Labute approximate surface area is 122 Å². The molecule has 8 heteroatoms. The molecule has 0 bridgehead atoms. The largest absolute Gasteiger partial charge is 0.573 e. The number of aliphatic hydroxyl groups is 2. The van der Waals surface area contributed by atoms with Crippen molar-refractivity contribution in [3.63, 3.8) is 0 Å². The number of rotatable bonds is 6. The van der Waals surface area contributed by atoms with E-state index in [0.29, 0.717) is 12.1 Å². The summed E-state index contributed by atoms with van der Waals surface area (Å²) < 4.78 is 40.3. The molecule has 0 amide bonds. The van der Waals surface area contributed by atoms with Gasteiger partial charge in [-0.25, -0.2) is 0 Å². The van der Waals surface area contributed by atoms with Crippen molar-refractivity contribution in [3.05, 3.63) is 28.2 Å². The summed E-state index contributed by atoms with van der Waals surface area (Å²) in [6.07, 6.45) is -4.73. The van der Waals surface area contributed by atoms with Crippen LogP contribution in [0.1, 0.15) is 12.5 Å². The van der Waals surface area contributed by atoms with Crippen LogP contribution in [0.15, 0.2) is 22.7 Å². The first-order chi connectivity index (χ1) is 9.13. The highest BCUT2D eigenvalue weighted by Crippen LogP contribution is 2.31. The first-order valence-electron chi connectivity index (χ1n) is 5.71. The van der Waals surface area contributed by atoms with E-state index in [2.05, 4.69) is 26.0 Å². The molecule has 0 aliphatic heterocycles. The van der Waals surface area contributed by atoms with E-state index in [9.17, 15) is 18.3 Å². The highest BCUT2D eigenvalue weighted by Gasteiger charge is 2.31. The van der Waals surface area contributed by atoms with E-state index in [4.69, 9.17) is 5.11 Å². The zero-order valence-electron chi connectivity index (χ0n) is 10.7. The van der Waals surface area contributed by atoms with E-state index in [1.165, 1.54) is 25.1 Å². The molecular formula is C12H15BrF3NO3. The van der Waals surface area contributed by atoms with Crippen LogP contribution < -0.4 is 10.1 Å². The van der Waals surface area contributed by atoms with Gasteiger partial charge in [-0.05, 0) is 40.5 Å². The van der Waals surface area contributed by atoms with E-state index in [1.54, 1.807) is 0 Å². The lowest BCUT2D eigenvalue weighted by atomic mass is 10.1. The van der Waals surface area contributed by atoms with E-state index in [-0.39, 0.29) is 23.4 Å². The van der Waals surface area contributed by atoms with Crippen LogP contribution in [0.3, 0.4) is 0 Å². The second-order valence-corrected chi connectivity index (χ2v) is 5.43. The van der Waals surface area contributed by atoms with Crippen LogP contribution >= 0.6 is 15.9 Å². The van der Waals surface area contributed by atoms with Crippen LogP contribution in [0.2, 0.25) is 0 Å². The van der Waals surface area contributed by atoms with Crippen molar-refractivity contribution in [3.8, 4) is 5.75 Å². The first-order valence-corrected chi connectivity index (χ1v) is 6.50. The Morgan fingerprint density at radius 1 is 1.35 bits per heavy atom. The molecule has 1 atom stereocenters. The van der Waals surface area contributed by atoms with Gasteiger partial charge in [0.05, 0.1) is 16.7 Å². The van der Waals surface area contributed by atoms with Gasteiger partial charge in [0, 0.05) is 13.1 Å². The van der Waals surface area contributed by atoms with Crippen LogP contribution in [0.25, 0.3) is 0 Å². The Morgan fingerprint density at radius 2 is 2.00 bits per heavy atom. The predicted octanol–water partition coefficient (Wildman–Crippen LogP) is 2.18. The van der Waals surface area contributed by atoms with Crippen molar-refractivity contribution < 1.29 is 28.1 Å². The molecule has 0 saturated carbocycles. The van der Waals surface area contributed by atoms with Gasteiger partial charge in [0.2, 0.25) is 0 Å². The molecule has 0 aromatic heterocycles. The minimum atomic E-state index is -4.73. The Bertz CT molecular complexity index is 452. The molecule has 0 radical (unpaired) electrons. The van der Waals surface area contributed by atoms with Crippen LogP contribution in [0, 0.1) is 0 Å².